The normalized spacial score (nSPS) is 23.9. The largest absolute Gasteiger partial charge is 0.493 e. The van der Waals surface area contributed by atoms with E-state index in [-0.39, 0.29) is 11.9 Å². The standard InChI is InChI=1S/C12H14FNO/c13-9-6-8-3-5-15-12(8)10(7-9)11-2-1-4-14-11/h6-7,11,14H,1-5H2/t11-/m1/s1. The van der Waals surface area contributed by atoms with Gasteiger partial charge in [-0.2, -0.15) is 0 Å². The van der Waals surface area contributed by atoms with E-state index < -0.39 is 0 Å². The van der Waals surface area contributed by atoms with Crippen LogP contribution in [0.2, 0.25) is 0 Å². The van der Waals surface area contributed by atoms with Crippen LogP contribution in [0.3, 0.4) is 0 Å². The molecule has 0 amide bonds. The molecular formula is C12H14FNO. The Hall–Kier alpha value is -1.09. The molecule has 2 heterocycles. The van der Waals surface area contributed by atoms with Crippen molar-refractivity contribution >= 4 is 0 Å². The summed E-state index contributed by atoms with van der Waals surface area (Å²) in [4.78, 5) is 0. The van der Waals surface area contributed by atoms with Gasteiger partial charge >= 0.3 is 0 Å². The van der Waals surface area contributed by atoms with E-state index in [0.717, 1.165) is 42.7 Å². The van der Waals surface area contributed by atoms with Gasteiger partial charge in [-0.05, 0) is 31.5 Å². The van der Waals surface area contributed by atoms with Crippen LogP contribution in [-0.4, -0.2) is 13.2 Å². The van der Waals surface area contributed by atoms with Crippen molar-refractivity contribution in [2.45, 2.75) is 25.3 Å². The molecule has 0 aliphatic carbocycles. The predicted molar refractivity (Wildman–Crippen MR) is 55.6 cm³/mol. The molecule has 0 spiro atoms. The van der Waals surface area contributed by atoms with Crippen LogP contribution in [0.4, 0.5) is 4.39 Å². The molecule has 15 heavy (non-hydrogen) atoms. The lowest BCUT2D eigenvalue weighted by Gasteiger charge is -2.14. The monoisotopic (exact) mass is 207 g/mol. The molecule has 0 unspecified atom stereocenters. The third-order valence-corrected chi connectivity index (χ3v) is 3.21. The number of hydrogen-bond acceptors (Lipinski definition) is 2. The van der Waals surface area contributed by atoms with Gasteiger partial charge in [-0.15, -0.1) is 0 Å². The predicted octanol–water partition coefficient (Wildman–Crippen LogP) is 2.19. The van der Waals surface area contributed by atoms with Crippen molar-refractivity contribution in [3.05, 3.63) is 29.1 Å². The maximum atomic E-state index is 13.4. The molecule has 2 aliphatic rings. The van der Waals surface area contributed by atoms with E-state index in [0.29, 0.717) is 6.61 Å². The Morgan fingerprint density at radius 2 is 2.33 bits per heavy atom. The van der Waals surface area contributed by atoms with Crippen molar-refractivity contribution in [2.75, 3.05) is 13.2 Å². The Balaban J connectivity index is 2.05. The smallest absolute Gasteiger partial charge is 0.127 e. The van der Waals surface area contributed by atoms with E-state index in [1.165, 1.54) is 0 Å². The Morgan fingerprint density at radius 1 is 1.40 bits per heavy atom. The van der Waals surface area contributed by atoms with E-state index in [1.807, 2.05) is 0 Å². The van der Waals surface area contributed by atoms with Gasteiger partial charge in [-0.1, -0.05) is 0 Å². The van der Waals surface area contributed by atoms with Gasteiger partial charge in [0.25, 0.3) is 0 Å². The van der Waals surface area contributed by atoms with Gasteiger partial charge in [-0.25, -0.2) is 4.39 Å². The first-order valence-corrected chi connectivity index (χ1v) is 5.53. The molecule has 3 rings (SSSR count). The van der Waals surface area contributed by atoms with Crippen LogP contribution in [0, 0.1) is 5.82 Å². The average molecular weight is 207 g/mol. The second kappa shape index (κ2) is 3.49. The summed E-state index contributed by atoms with van der Waals surface area (Å²) in [5.74, 6) is 0.791. The van der Waals surface area contributed by atoms with Crippen molar-refractivity contribution in [3.8, 4) is 5.75 Å². The zero-order valence-corrected chi connectivity index (χ0v) is 8.55. The van der Waals surface area contributed by atoms with Crippen LogP contribution in [0.25, 0.3) is 0 Å². The molecule has 2 aliphatic heterocycles. The lowest BCUT2D eigenvalue weighted by molar-refractivity contribution is 0.349. The van der Waals surface area contributed by atoms with Crippen LogP contribution < -0.4 is 10.1 Å². The van der Waals surface area contributed by atoms with Gasteiger partial charge in [0.15, 0.2) is 0 Å². The summed E-state index contributed by atoms with van der Waals surface area (Å²) in [6, 6.07) is 3.50. The first-order valence-electron chi connectivity index (χ1n) is 5.53. The van der Waals surface area contributed by atoms with Crippen LogP contribution in [-0.2, 0) is 6.42 Å². The molecule has 1 fully saturated rings. The van der Waals surface area contributed by atoms with E-state index in [1.54, 1.807) is 12.1 Å². The Bertz CT molecular complexity index is 385. The molecule has 3 heteroatoms. The minimum atomic E-state index is -0.136. The summed E-state index contributed by atoms with van der Waals surface area (Å²) >= 11 is 0. The van der Waals surface area contributed by atoms with Crippen LogP contribution in [0.5, 0.6) is 5.75 Å². The number of hydrogen-bond donors (Lipinski definition) is 1. The molecule has 0 aromatic heterocycles. The first-order chi connectivity index (χ1) is 7.34. The van der Waals surface area contributed by atoms with Crippen LogP contribution >= 0.6 is 0 Å². The Morgan fingerprint density at radius 3 is 3.13 bits per heavy atom. The van der Waals surface area contributed by atoms with Gasteiger partial charge in [0.05, 0.1) is 6.61 Å². The lowest BCUT2D eigenvalue weighted by atomic mass is 10.0. The summed E-state index contributed by atoms with van der Waals surface area (Å²) in [6.45, 7) is 1.72. The fourth-order valence-electron chi connectivity index (χ4n) is 2.51. The minimum absolute atomic E-state index is 0.136. The highest BCUT2D eigenvalue weighted by Gasteiger charge is 2.25. The quantitative estimate of drug-likeness (QED) is 0.762. The van der Waals surface area contributed by atoms with Crippen molar-refractivity contribution < 1.29 is 9.13 Å². The van der Waals surface area contributed by atoms with E-state index in [2.05, 4.69) is 5.32 Å². The molecule has 1 atom stereocenters. The number of ether oxygens (including phenoxy) is 1. The van der Waals surface area contributed by atoms with Crippen LogP contribution in [0.1, 0.15) is 30.0 Å². The lowest BCUT2D eigenvalue weighted by Crippen LogP contribution is -2.14. The second-order valence-electron chi connectivity index (χ2n) is 4.23. The maximum Gasteiger partial charge on any atom is 0.127 e. The summed E-state index contributed by atoms with van der Waals surface area (Å²) in [5, 5.41) is 3.38. The highest BCUT2D eigenvalue weighted by Crippen LogP contribution is 2.37. The number of nitrogens with one attached hydrogen (secondary N) is 1. The van der Waals surface area contributed by atoms with Gasteiger partial charge in [0.1, 0.15) is 11.6 Å². The zero-order chi connectivity index (χ0) is 10.3. The third-order valence-electron chi connectivity index (χ3n) is 3.21. The molecule has 80 valence electrons. The van der Waals surface area contributed by atoms with E-state index in [4.69, 9.17) is 4.74 Å². The topological polar surface area (TPSA) is 21.3 Å². The van der Waals surface area contributed by atoms with Gasteiger partial charge in [0, 0.05) is 23.6 Å². The van der Waals surface area contributed by atoms with E-state index >= 15 is 0 Å². The highest BCUT2D eigenvalue weighted by molar-refractivity contribution is 5.46. The number of halogens is 1. The first kappa shape index (κ1) is 9.16. The average Bonchev–Trinajstić information content (AvgIpc) is 2.86. The van der Waals surface area contributed by atoms with Gasteiger partial charge in [-0.3, -0.25) is 0 Å². The summed E-state index contributed by atoms with van der Waals surface area (Å²) in [5.41, 5.74) is 2.04. The third kappa shape index (κ3) is 1.51. The Kier molecular flexibility index (Phi) is 2.13. The highest BCUT2D eigenvalue weighted by atomic mass is 19.1. The SMILES string of the molecule is Fc1cc2c(c([C@H]3CCCN3)c1)OCC2. The molecule has 2 nitrogen and oxygen atoms in total. The number of rotatable bonds is 1. The molecule has 0 radical (unpaired) electrons. The fourth-order valence-corrected chi connectivity index (χ4v) is 2.51. The molecule has 1 aromatic carbocycles. The second-order valence-corrected chi connectivity index (χ2v) is 4.23. The zero-order valence-electron chi connectivity index (χ0n) is 8.55. The van der Waals surface area contributed by atoms with Crippen LogP contribution in [0.15, 0.2) is 12.1 Å². The van der Waals surface area contributed by atoms with Crippen molar-refractivity contribution in [3.63, 3.8) is 0 Å². The molecular weight excluding hydrogens is 193 g/mol. The molecule has 1 aromatic rings. The summed E-state index contributed by atoms with van der Waals surface area (Å²) in [7, 11) is 0. The van der Waals surface area contributed by atoms with E-state index in [9.17, 15) is 4.39 Å². The number of fused-ring (bicyclic) bond motifs is 1. The molecule has 0 bridgehead atoms. The van der Waals surface area contributed by atoms with Crippen molar-refractivity contribution in [1.82, 2.24) is 5.32 Å². The van der Waals surface area contributed by atoms with Crippen molar-refractivity contribution in [1.29, 1.82) is 0 Å². The summed E-state index contributed by atoms with van der Waals surface area (Å²) < 4.78 is 19.0. The fraction of sp³-hybridized carbons (Fsp3) is 0.500. The minimum Gasteiger partial charge on any atom is -0.493 e. The number of benzene rings is 1. The van der Waals surface area contributed by atoms with Gasteiger partial charge < -0.3 is 10.1 Å². The van der Waals surface area contributed by atoms with Gasteiger partial charge in [0.2, 0.25) is 0 Å². The van der Waals surface area contributed by atoms with Crippen molar-refractivity contribution in [2.24, 2.45) is 0 Å². The summed E-state index contributed by atoms with van der Waals surface area (Å²) in [6.07, 6.45) is 3.09. The molecule has 1 saturated heterocycles. The Labute approximate surface area is 88.4 Å². The molecule has 0 saturated carbocycles. The molecule has 1 N–H and O–H groups in total. The maximum absolute atomic E-state index is 13.4.